The Morgan fingerprint density at radius 1 is 0.721 bits per heavy atom. The number of rotatable bonds is 8. The van der Waals surface area contributed by atoms with Gasteiger partial charge in [0.25, 0.3) is 0 Å². The minimum atomic E-state index is 0.0169. The van der Waals surface area contributed by atoms with Crippen molar-refractivity contribution in [2.45, 2.75) is 37.8 Å². The van der Waals surface area contributed by atoms with Crippen LogP contribution in [0.3, 0.4) is 0 Å². The van der Waals surface area contributed by atoms with Gasteiger partial charge in [0, 0.05) is 18.6 Å². The fourth-order valence-electron chi connectivity index (χ4n) is 6.32. The Hall–Kier alpha value is -4.40. The lowest BCUT2D eigenvalue weighted by Gasteiger charge is -2.35. The third-order valence-electron chi connectivity index (χ3n) is 8.71. The second-order valence-electron chi connectivity index (χ2n) is 11.4. The van der Waals surface area contributed by atoms with Gasteiger partial charge in [0.15, 0.2) is 34.5 Å². The molecule has 0 bridgehead atoms. The Morgan fingerprint density at radius 2 is 1.37 bits per heavy atom. The lowest BCUT2D eigenvalue weighted by atomic mass is 9.88. The van der Waals surface area contributed by atoms with E-state index in [1.54, 1.807) is 26.4 Å². The van der Waals surface area contributed by atoms with Crippen LogP contribution in [0.15, 0.2) is 66.7 Å². The molecule has 0 radical (unpaired) electrons. The van der Waals surface area contributed by atoms with Crippen LogP contribution in [0.5, 0.6) is 40.2 Å². The SMILES string of the molecule is COc1cc2c(cc1O)C(Cc1ccc(O)c(Oc3ccc(CC4c5cc(O)c(OC)cc5CCN4C)cc3)c1)NCC2. The summed E-state index contributed by atoms with van der Waals surface area (Å²) in [6.07, 6.45) is 3.23. The van der Waals surface area contributed by atoms with Gasteiger partial charge in [-0.3, -0.25) is 4.90 Å². The van der Waals surface area contributed by atoms with Crippen LogP contribution in [0.2, 0.25) is 0 Å². The van der Waals surface area contributed by atoms with E-state index >= 15 is 0 Å². The quantitative estimate of drug-likeness (QED) is 0.206. The first-order chi connectivity index (χ1) is 20.8. The summed E-state index contributed by atoms with van der Waals surface area (Å²) in [4.78, 5) is 2.32. The number of fused-ring (bicyclic) bond motifs is 2. The average molecular weight is 583 g/mol. The number of ether oxygens (including phenoxy) is 3. The lowest BCUT2D eigenvalue weighted by Crippen LogP contribution is -2.33. The molecule has 8 heteroatoms. The van der Waals surface area contributed by atoms with Crippen LogP contribution in [-0.2, 0) is 25.7 Å². The van der Waals surface area contributed by atoms with E-state index in [1.165, 1.54) is 5.56 Å². The van der Waals surface area contributed by atoms with E-state index < -0.39 is 0 Å². The molecule has 0 saturated heterocycles. The highest BCUT2D eigenvalue weighted by atomic mass is 16.5. The minimum Gasteiger partial charge on any atom is -0.504 e. The van der Waals surface area contributed by atoms with Crippen LogP contribution in [0.4, 0.5) is 0 Å². The van der Waals surface area contributed by atoms with Gasteiger partial charge in [0.05, 0.1) is 14.2 Å². The molecule has 2 unspecified atom stereocenters. The average Bonchev–Trinajstić information content (AvgIpc) is 3.01. The number of phenols is 3. The predicted octanol–water partition coefficient (Wildman–Crippen LogP) is 5.81. The summed E-state index contributed by atoms with van der Waals surface area (Å²) in [5, 5.41) is 34.9. The Bertz CT molecular complexity index is 1620. The van der Waals surface area contributed by atoms with Crippen molar-refractivity contribution in [1.29, 1.82) is 0 Å². The van der Waals surface area contributed by atoms with E-state index in [1.807, 2.05) is 54.6 Å². The monoisotopic (exact) mass is 582 g/mol. The summed E-state index contributed by atoms with van der Waals surface area (Å²) >= 11 is 0. The van der Waals surface area contributed by atoms with E-state index in [0.29, 0.717) is 29.4 Å². The number of nitrogens with one attached hydrogen (secondary N) is 1. The molecule has 2 atom stereocenters. The molecule has 6 rings (SSSR count). The van der Waals surface area contributed by atoms with Crippen molar-refractivity contribution in [3.63, 3.8) is 0 Å². The van der Waals surface area contributed by atoms with Gasteiger partial charge >= 0.3 is 0 Å². The van der Waals surface area contributed by atoms with Gasteiger partial charge in [-0.15, -0.1) is 0 Å². The molecule has 224 valence electrons. The Balaban J connectivity index is 1.16. The van der Waals surface area contributed by atoms with Crippen molar-refractivity contribution in [1.82, 2.24) is 10.2 Å². The topological polar surface area (TPSA) is 104 Å². The fraction of sp³-hybridized carbons (Fsp3) is 0.314. The number of methoxy groups -OCH3 is 2. The zero-order valence-electron chi connectivity index (χ0n) is 24.8. The van der Waals surface area contributed by atoms with Crippen molar-refractivity contribution in [3.05, 3.63) is 100 Å². The summed E-state index contributed by atoms with van der Waals surface area (Å²) in [5.41, 5.74) is 6.69. The molecule has 0 spiro atoms. The summed E-state index contributed by atoms with van der Waals surface area (Å²) in [6.45, 7) is 1.76. The zero-order chi connectivity index (χ0) is 30.1. The number of aromatic hydroxyl groups is 3. The molecule has 0 aliphatic carbocycles. The molecule has 0 saturated carbocycles. The van der Waals surface area contributed by atoms with Crippen LogP contribution in [0.25, 0.3) is 0 Å². The Kier molecular flexibility index (Phi) is 8.06. The van der Waals surface area contributed by atoms with Crippen LogP contribution < -0.4 is 19.5 Å². The molecule has 0 fully saturated rings. The number of nitrogens with zero attached hydrogens (tertiary/aromatic N) is 1. The number of hydrogen-bond donors (Lipinski definition) is 4. The first-order valence-corrected chi connectivity index (χ1v) is 14.6. The molecule has 2 heterocycles. The van der Waals surface area contributed by atoms with Crippen LogP contribution in [-0.4, -0.2) is 54.6 Å². The Morgan fingerprint density at radius 3 is 2.07 bits per heavy atom. The maximum Gasteiger partial charge on any atom is 0.169 e. The van der Waals surface area contributed by atoms with E-state index in [9.17, 15) is 15.3 Å². The molecular weight excluding hydrogens is 544 g/mol. The zero-order valence-corrected chi connectivity index (χ0v) is 24.8. The molecule has 8 nitrogen and oxygen atoms in total. The van der Waals surface area contributed by atoms with Crippen molar-refractivity contribution >= 4 is 0 Å². The highest BCUT2D eigenvalue weighted by Gasteiger charge is 2.27. The third-order valence-corrected chi connectivity index (χ3v) is 8.71. The van der Waals surface area contributed by atoms with Crippen LogP contribution >= 0.6 is 0 Å². The summed E-state index contributed by atoms with van der Waals surface area (Å²) in [5.74, 6) is 2.39. The van der Waals surface area contributed by atoms with Crippen molar-refractivity contribution in [2.24, 2.45) is 0 Å². The predicted molar refractivity (Wildman–Crippen MR) is 165 cm³/mol. The molecule has 43 heavy (non-hydrogen) atoms. The molecule has 4 aromatic carbocycles. The molecule has 4 N–H and O–H groups in total. The molecule has 0 aromatic heterocycles. The van der Waals surface area contributed by atoms with Crippen molar-refractivity contribution in [2.75, 3.05) is 34.4 Å². The van der Waals surface area contributed by atoms with Gasteiger partial charge in [0.2, 0.25) is 0 Å². The number of benzene rings is 4. The molecule has 0 amide bonds. The van der Waals surface area contributed by atoms with Crippen LogP contribution in [0.1, 0.15) is 45.5 Å². The summed E-state index contributed by atoms with van der Waals surface area (Å²) in [7, 11) is 5.25. The standard InChI is InChI=1S/C35H38N2O6/c1-37-13-11-24-18-34(42-3)32(40)20-27(24)29(37)15-21-4-7-25(8-5-21)43-35-16-22(6-9-30(35)38)14-28-26-19-31(39)33(41-2)17-23(26)10-12-36-28/h4-9,16-20,28-29,36,38-40H,10-15H2,1-3H3. The van der Waals surface area contributed by atoms with Crippen molar-refractivity contribution in [3.8, 4) is 40.2 Å². The number of hydrogen-bond acceptors (Lipinski definition) is 8. The van der Waals surface area contributed by atoms with E-state index in [4.69, 9.17) is 14.2 Å². The fourth-order valence-corrected chi connectivity index (χ4v) is 6.32. The minimum absolute atomic E-state index is 0.0169. The largest absolute Gasteiger partial charge is 0.504 e. The van der Waals surface area contributed by atoms with Gasteiger partial charge in [0.1, 0.15) is 5.75 Å². The lowest BCUT2D eigenvalue weighted by molar-refractivity contribution is 0.228. The van der Waals surface area contributed by atoms with Crippen molar-refractivity contribution < 1.29 is 29.5 Å². The van der Waals surface area contributed by atoms with Crippen LogP contribution in [0, 0.1) is 0 Å². The van der Waals surface area contributed by atoms with Gasteiger partial charge in [-0.1, -0.05) is 18.2 Å². The first kappa shape index (κ1) is 28.7. The van der Waals surface area contributed by atoms with E-state index in [-0.39, 0.29) is 29.3 Å². The van der Waals surface area contributed by atoms with Gasteiger partial charge in [-0.25, -0.2) is 0 Å². The van der Waals surface area contributed by atoms with Gasteiger partial charge < -0.3 is 34.8 Å². The Labute approximate surface area is 252 Å². The highest BCUT2D eigenvalue weighted by molar-refractivity contribution is 5.51. The number of phenolic OH excluding ortho intramolecular Hbond substituents is 3. The van der Waals surface area contributed by atoms with E-state index in [0.717, 1.165) is 60.2 Å². The van der Waals surface area contributed by atoms with Gasteiger partial charge in [-0.05, 0) is 121 Å². The second kappa shape index (κ2) is 12.1. The molecular formula is C35H38N2O6. The summed E-state index contributed by atoms with van der Waals surface area (Å²) in [6, 6.07) is 21.0. The maximum absolute atomic E-state index is 10.6. The van der Waals surface area contributed by atoms with E-state index in [2.05, 4.69) is 17.3 Å². The molecule has 4 aromatic rings. The first-order valence-electron chi connectivity index (χ1n) is 14.6. The highest BCUT2D eigenvalue weighted by Crippen LogP contribution is 2.40. The molecule has 2 aliphatic heterocycles. The smallest absolute Gasteiger partial charge is 0.169 e. The maximum atomic E-state index is 10.6. The third kappa shape index (κ3) is 5.94. The molecule has 2 aliphatic rings. The number of likely N-dealkylation sites (N-methyl/N-ethyl adjacent to an activating group) is 1. The summed E-state index contributed by atoms with van der Waals surface area (Å²) < 4.78 is 16.8. The normalized spacial score (nSPS) is 18.0. The van der Waals surface area contributed by atoms with Gasteiger partial charge in [-0.2, -0.15) is 0 Å². The second-order valence-corrected chi connectivity index (χ2v) is 11.4.